The standard InChI is InChI=1S/C39H21N7/c40-20-24-9-12-35-31(15-24)30-7-3-4-8-34(30)45(35)38-18-28(29-6-2-1-5-27(29)23-43)19-39(44-38)46-36-13-10-25(21-41)16-32(36)33-17-26(22-42)11-14-37(33)46/h1-19,39,44H. The van der Waals surface area contributed by atoms with Crippen molar-refractivity contribution in [2.24, 2.45) is 0 Å². The van der Waals surface area contributed by atoms with Gasteiger partial charge in [0, 0.05) is 21.5 Å². The van der Waals surface area contributed by atoms with Gasteiger partial charge in [-0.05, 0) is 90.0 Å². The molecule has 0 saturated carbocycles. The van der Waals surface area contributed by atoms with E-state index in [-0.39, 0.29) is 0 Å². The molecule has 2 aromatic heterocycles. The second kappa shape index (κ2) is 10.3. The number of para-hydroxylation sites is 1. The second-order valence-corrected chi connectivity index (χ2v) is 11.2. The minimum absolute atomic E-state index is 0.419. The van der Waals surface area contributed by atoms with Crippen molar-refractivity contribution in [1.82, 2.24) is 14.5 Å². The van der Waals surface area contributed by atoms with E-state index in [9.17, 15) is 21.0 Å². The smallest absolute Gasteiger partial charge is 0.125 e. The minimum atomic E-state index is -0.419. The molecule has 1 atom stereocenters. The van der Waals surface area contributed by atoms with E-state index in [1.54, 1.807) is 12.1 Å². The summed E-state index contributed by atoms with van der Waals surface area (Å²) < 4.78 is 4.34. The van der Waals surface area contributed by atoms with Crippen LogP contribution in [0.25, 0.3) is 55.0 Å². The molecule has 0 bridgehead atoms. The lowest BCUT2D eigenvalue weighted by atomic mass is 9.97. The number of aromatic nitrogens is 2. The van der Waals surface area contributed by atoms with E-state index in [0.29, 0.717) is 22.3 Å². The lowest BCUT2D eigenvalue weighted by Gasteiger charge is -2.29. The second-order valence-electron chi connectivity index (χ2n) is 11.2. The normalized spacial score (nSPS) is 14.2. The Hall–Kier alpha value is -7.06. The summed E-state index contributed by atoms with van der Waals surface area (Å²) in [6, 6.07) is 41.7. The van der Waals surface area contributed by atoms with E-state index in [1.807, 2.05) is 78.9 Å². The number of fused-ring (bicyclic) bond motifs is 6. The molecule has 0 amide bonds. The molecule has 3 heterocycles. The van der Waals surface area contributed by atoms with E-state index in [4.69, 9.17) is 0 Å². The number of nitrogens with zero attached hydrogens (tertiary/aromatic N) is 6. The van der Waals surface area contributed by atoms with Gasteiger partial charge in [0.25, 0.3) is 0 Å². The molecule has 0 aliphatic carbocycles. The van der Waals surface area contributed by atoms with Crippen LogP contribution < -0.4 is 5.32 Å². The third-order valence-corrected chi connectivity index (χ3v) is 8.67. The predicted octanol–water partition coefficient (Wildman–Crippen LogP) is 8.07. The number of hydrogen-bond acceptors (Lipinski definition) is 5. The van der Waals surface area contributed by atoms with Crippen LogP contribution in [-0.2, 0) is 0 Å². The molecule has 1 N–H and O–H groups in total. The van der Waals surface area contributed by atoms with Crippen molar-refractivity contribution in [1.29, 1.82) is 21.0 Å². The van der Waals surface area contributed by atoms with Crippen LogP contribution in [0.3, 0.4) is 0 Å². The maximum atomic E-state index is 10.1. The van der Waals surface area contributed by atoms with Crippen LogP contribution in [0.4, 0.5) is 0 Å². The highest BCUT2D eigenvalue weighted by Gasteiger charge is 2.25. The first kappa shape index (κ1) is 26.6. The Morgan fingerprint density at radius 3 is 1.72 bits per heavy atom. The Labute approximate surface area is 263 Å². The Bertz CT molecular complexity index is 2600. The molecule has 1 aliphatic rings. The van der Waals surface area contributed by atoms with Gasteiger partial charge in [0.05, 0.1) is 68.6 Å². The first-order valence-corrected chi connectivity index (χ1v) is 14.6. The molecule has 46 heavy (non-hydrogen) atoms. The van der Waals surface area contributed by atoms with Gasteiger partial charge < -0.3 is 9.88 Å². The molecule has 7 heteroatoms. The van der Waals surface area contributed by atoms with E-state index in [0.717, 1.165) is 60.6 Å². The van der Waals surface area contributed by atoms with Crippen LogP contribution in [0, 0.1) is 45.3 Å². The molecule has 0 radical (unpaired) electrons. The van der Waals surface area contributed by atoms with Gasteiger partial charge in [0.15, 0.2) is 0 Å². The Morgan fingerprint density at radius 2 is 1.09 bits per heavy atom. The van der Waals surface area contributed by atoms with Gasteiger partial charge in [0.1, 0.15) is 12.0 Å². The fraction of sp³-hybridized carbons (Fsp3) is 0.0256. The summed E-state index contributed by atoms with van der Waals surface area (Å²) in [4.78, 5) is 0. The SMILES string of the molecule is N#Cc1ccc2c(c1)c1ccccc1n2C1=CC(c2ccccc2C#N)=CC(n2c3ccc(C#N)cc3c3cc(C#N)ccc32)N1. The van der Waals surface area contributed by atoms with Crippen molar-refractivity contribution in [3.05, 3.63) is 143 Å². The fourth-order valence-corrected chi connectivity index (χ4v) is 6.66. The van der Waals surface area contributed by atoms with Crippen molar-refractivity contribution in [2.45, 2.75) is 6.17 Å². The van der Waals surface area contributed by atoms with Gasteiger partial charge in [-0.1, -0.05) is 36.4 Å². The molecular formula is C39H21N7. The number of nitrogens with one attached hydrogen (secondary N) is 1. The lowest BCUT2D eigenvalue weighted by molar-refractivity contribution is 0.579. The highest BCUT2D eigenvalue weighted by atomic mass is 15.3. The molecule has 7 aromatic rings. The van der Waals surface area contributed by atoms with Gasteiger partial charge in [0.2, 0.25) is 0 Å². The van der Waals surface area contributed by atoms with E-state index in [1.165, 1.54) is 0 Å². The molecule has 5 aromatic carbocycles. The highest BCUT2D eigenvalue weighted by molar-refractivity contribution is 6.11. The molecule has 212 valence electrons. The third-order valence-electron chi connectivity index (χ3n) is 8.67. The zero-order chi connectivity index (χ0) is 31.4. The van der Waals surface area contributed by atoms with Gasteiger partial charge in [-0.25, -0.2) is 0 Å². The summed E-state index contributed by atoms with van der Waals surface area (Å²) >= 11 is 0. The van der Waals surface area contributed by atoms with E-state index < -0.39 is 6.17 Å². The van der Waals surface area contributed by atoms with Gasteiger partial charge >= 0.3 is 0 Å². The van der Waals surface area contributed by atoms with Crippen LogP contribution in [-0.4, -0.2) is 9.13 Å². The summed E-state index contributed by atoms with van der Waals surface area (Å²) in [7, 11) is 0. The molecule has 0 fully saturated rings. The fourth-order valence-electron chi connectivity index (χ4n) is 6.66. The van der Waals surface area contributed by atoms with Gasteiger partial charge in [-0.3, -0.25) is 4.57 Å². The van der Waals surface area contributed by atoms with Gasteiger partial charge in [-0.2, -0.15) is 21.0 Å². The van der Waals surface area contributed by atoms with Crippen LogP contribution in [0.5, 0.6) is 0 Å². The number of rotatable bonds is 3. The van der Waals surface area contributed by atoms with Crippen molar-refractivity contribution < 1.29 is 0 Å². The van der Waals surface area contributed by atoms with Crippen LogP contribution in [0.2, 0.25) is 0 Å². The van der Waals surface area contributed by atoms with Crippen LogP contribution in [0.1, 0.15) is 34.0 Å². The highest BCUT2D eigenvalue weighted by Crippen LogP contribution is 2.39. The van der Waals surface area contributed by atoms with Gasteiger partial charge in [-0.15, -0.1) is 0 Å². The van der Waals surface area contributed by atoms with Crippen molar-refractivity contribution in [3.8, 4) is 24.3 Å². The number of allylic oxidation sites excluding steroid dienone is 2. The molecule has 1 aliphatic heterocycles. The lowest BCUT2D eigenvalue weighted by Crippen LogP contribution is -2.29. The van der Waals surface area contributed by atoms with Crippen LogP contribution >= 0.6 is 0 Å². The van der Waals surface area contributed by atoms with Crippen LogP contribution in [0.15, 0.2) is 115 Å². The average molecular weight is 588 g/mol. The topological polar surface area (TPSA) is 117 Å². The molecule has 1 unspecified atom stereocenters. The summed E-state index contributed by atoms with van der Waals surface area (Å²) in [6.07, 6.45) is 3.75. The molecule has 0 spiro atoms. The Morgan fingerprint density at radius 1 is 0.543 bits per heavy atom. The number of hydrogen-bond donors (Lipinski definition) is 1. The predicted molar refractivity (Wildman–Crippen MR) is 179 cm³/mol. The Balaban J connectivity index is 1.43. The zero-order valence-electron chi connectivity index (χ0n) is 24.2. The zero-order valence-corrected chi connectivity index (χ0v) is 24.2. The van der Waals surface area contributed by atoms with Crippen molar-refractivity contribution in [3.63, 3.8) is 0 Å². The van der Waals surface area contributed by atoms with Crippen molar-refractivity contribution >= 4 is 55.0 Å². The first-order valence-electron chi connectivity index (χ1n) is 14.6. The summed E-state index contributed by atoms with van der Waals surface area (Å²) in [5.74, 6) is 0.795. The minimum Gasteiger partial charge on any atom is -0.347 e. The number of dihydropyridines is 1. The number of nitriles is 4. The largest absolute Gasteiger partial charge is 0.347 e. The monoisotopic (exact) mass is 587 g/mol. The van der Waals surface area contributed by atoms with E-state index >= 15 is 0 Å². The van der Waals surface area contributed by atoms with Crippen molar-refractivity contribution in [2.75, 3.05) is 0 Å². The summed E-state index contributed by atoms with van der Waals surface area (Å²) in [6.45, 7) is 0. The molecule has 0 saturated heterocycles. The maximum absolute atomic E-state index is 10.1. The first-order chi connectivity index (χ1) is 22.6. The summed E-state index contributed by atoms with van der Waals surface area (Å²) in [5, 5.41) is 46.6. The summed E-state index contributed by atoms with van der Waals surface area (Å²) in [5.41, 5.74) is 7.59. The third kappa shape index (κ3) is 3.95. The molecule has 7 nitrogen and oxygen atoms in total. The maximum Gasteiger partial charge on any atom is 0.125 e. The number of benzene rings is 5. The molecule has 8 rings (SSSR count). The van der Waals surface area contributed by atoms with E-state index in [2.05, 4.69) is 63.0 Å². The quantitative estimate of drug-likeness (QED) is 0.224. The average Bonchev–Trinajstić information content (AvgIpc) is 3.62. The Kier molecular flexibility index (Phi) is 5.94. The molecular weight excluding hydrogens is 566 g/mol.